The molecule has 0 amide bonds. The van der Waals surface area contributed by atoms with Crippen molar-refractivity contribution in [2.45, 2.75) is 13.0 Å². The minimum absolute atomic E-state index is 0.0865. The molecule has 0 heterocycles. The van der Waals surface area contributed by atoms with Crippen LogP contribution in [0.15, 0.2) is 18.2 Å². The van der Waals surface area contributed by atoms with Crippen LogP contribution in [0.5, 0.6) is 5.75 Å². The summed E-state index contributed by atoms with van der Waals surface area (Å²) in [6.45, 7) is 1.90. The lowest BCUT2D eigenvalue weighted by atomic mass is 10.1. The van der Waals surface area contributed by atoms with Gasteiger partial charge in [0.05, 0.1) is 0 Å². The highest BCUT2D eigenvalue weighted by Crippen LogP contribution is 2.24. The Morgan fingerprint density at radius 2 is 2.21 bits per heavy atom. The quantitative estimate of drug-likeness (QED) is 0.752. The van der Waals surface area contributed by atoms with Crippen LogP contribution in [0.25, 0.3) is 0 Å². The average Bonchev–Trinajstić information content (AvgIpc) is 2.14. The number of hydrogen-bond acceptors (Lipinski definition) is 3. The molecule has 78 valence electrons. The lowest BCUT2D eigenvalue weighted by Crippen LogP contribution is -2.09. The molecule has 0 saturated heterocycles. The van der Waals surface area contributed by atoms with Crippen molar-refractivity contribution in [2.24, 2.45) is 5.73 Å². The van der Waals surface area contributed by atoms with Crippen molar-refractivity contribution in [3.05, 3.63) is 29.6 Å². The van der Waals surface area contributed by atoms with E-state index in [4.69, 9.17) is 15.2 Å². The highest BCUT2D eigenvalue weighted by molar-refractivity contribution is 5.35. The zero-order chi connectivity index (χ0) is 10.6. The number of halogens is 1. The van der Waals surface area contributed by atoms with Gasteiger partial charge in [0.1, 0.15) is 11.6 Å². The number of hydrogen-bond donors (Lipinski definition) is 1. The summed E-state index contributed by atoms with van der Waals surface area (Å²) in [5, 5.41) is 0. The van der Waals surface area contributed by atoms with E-state index in [0.717, 1.165) is 5.56 Å². The number of benzene rings is 1. The maximum atomic E-state index is 12.9. The molecular weight excluding hydrogens is 185 g/mol. The smallest absolute Gasteiger partial charge is 0.188 e. The van der Waals surface area contributed by atoms with Gasteiger partial charge in [0.2, 0.25) is 0 Å². The highest BCUT2D eigenvalue weighted by atomic mass is 19.1. The molecule has 1 aromatic carbocycles. The Morgan fingerprint density at radius 3 is 2.79 bits per heavy atom. The Morgan fingerprint density at radius 1 is 1.50 bits per heavy atom. The van der Waals surface area contributed by atoms with E-state index >= 15 is 0 Å². The molecule has 4 heteroatoms. The van der Waals surface area contributed by atoms with E-state index in [2.05, 4.69) is 0 Å². The van der Waals surface area contributed by atoms with Crippen molar-refractivity contribution >= 4 is 0 Å². The fourth-order valence-corrected chi connectivity index (χ4v) is 1.13. The van der Waals surface area contributed by atoms with Gasteiger partial charge in [-0.3, -0.25) is 0 Å². The molecule has 1 atom stereocenters. The zero-order valence-electron chi connectivity index (χ0n) is 8.29. The second-order valence-electron chi connectivity index (χ2n) is 3.02. The molecular formula is C10H14FNO2. The molecule has 1 rings (SSSR count). The Labute approximate surface area is 82.6 Å². The predicted molar refractivity (Wildman–Crippen MR) is 51.5 cm³/mol. The third kappa shape index (κ3) is 2.68. The molecule has 0 unspecified atom stereocenters. The molecule has 0 aromatic heterocycles. The summed E-state index contributed by atoms with van der Waals surface area (Å²) in [5.74, 6) is 0.0855. The first kappa shape index (κ1) is 10.9. The molecule has 0 radical (unpaired) electrons. The minimum atomic E-state index is -0.347. The van der Waals surface area contributed by atoms with E-state index in [1.165, 1.54) is 19.2 Å². The Balaban J connectivity index is 2.91. The second kappa shape index (κ2) is 4.93. The fourth-order valence-electron chi connectivity index (χ4n) is 1.13. The van der Waals surface area contributed by atoms with E-state index in [-0.39, 0.29) is 18.7 Å². The lowest BCUT2D eigenvalue weighted by Gasteiger charge is -2.13. The van der Waals surface area contributed by atoms with Crippen molar-refractivity contribution in [3.63, 3.8) is 0 Å². The summed E-state index contributed by atoms with van der Waals surface area (Å²) >= 11 is 0. The first-order valence-electron chi connectivity index (χ1n) is 4.32. The van der Waals surface area contributed by atoms with Crippen LogP contribution in [-0.2, 0) is 4.74 Å². The van der Waals surface area contributed by atoms with E-state index < -0.39 is 0 Å². The van der Waals surface area contributed by atoms with Crippen LogP contribution in [0.4, 0.5) is 4.39 Å². The van der Waals surface area contributed by atoms with Gasteiger partial charge < -0.3 is 15.2 Å². The van der Waals surface area contributed by atoms with E-state index in [1.54, 1.807) is 6.07 Å². The number of rotatable bonds is 4. The minimum Gasteiger partial charge on any atom is -0.467 e. The van der Waals surface area contributed by atoms with Gasteiger partial charge in [-0.15, -0.1) is 0 Å². The topological polar surface area (TPSA) is 44.5 Å². The van der Waals surface area contributed by atoms with Gasteiger partial charge >= 0.3 is 0 Å². The van der Waals surface area contributed by atoms with Gasteiger partial charge in [0, 0.05) is 24.8 Å². The lowest BCUT2D eigenvalue weighted by molar-refractivity contribution is 0.0500. The first-order chi connectivity index (χ1) is 6.65. The molecule has 3 nitrogen and oxygen atoms in total. The van der Waals surface area contributed by atoms with Crippen LogP contribution >= 0.6 is 0 Å². The van der Waals surface area contributed by atoms with E-state index in [9.17, 15) is 4.39 Å². The summed E-state index contributed by atoms with van der Waals surface area (Å²) in [4.78, 5) is 0. The zero-order valence-corrected chi connectivity index (χ0v) is 8.29. The molecule has 0 bridgehead atoms. The largest absolute Gasteiger partial charge is 0.467 e. The SMILES string of the molecule is COCOc1cc(F)ccc1[C@@H](C)N. The van der Waals surface area contributed by atoms with Crippen LogP contribution in [-0.4, -0.2) is 13.9 Å². The van der Waals surface area contributed by atoms with Crippen LogP contribution in [0.2, 0.25) is 0 Å². The number of methoxy groups -OCH3 is 1. The van der Waals surface area contributed by atoms with Crippen LogP contribution < -0.4 is 10.5 Å². The van der Waals surface area contributed by atoms with Crippen LogP contribution in [0, 0.1) is 5.82 Å². The van der Waals surface area contributed by atoms with Gasteiger partial charge in [-0.1, -0.05) is 6.07 Å². The number of ether oxygens (including phenoxy) is 2. The summed E-state index contributed by atoms with van der Waals surface area (Å²) in [7, 11) is 1.50. The third-order valence-electron chi connectivity index (χ3n) is 1.80. The molecule has 14 heavy (non-hydrogen) atoms. The molecule has 0 aliphatic rings. The Bertz CT molecular complexity index is 302. The molecule has 0 saturated carbocycles. The molecule has 0 fully saturated rings. The van der Waals surface area contributed by atoms with Gasteiger partial charge in [-0.2, -0.15) is 0 Å². The van der Waals surface area contributed by atoms with Gasteiger partial charge in [-0.05, 0) is 13.0 Å². The second-order valence-corrected chi connectivity index (χ2v) is 3.02. The maximum Gasteiger partial charge on any atom is 0.188 e. The van der Waals surface area contributed by atoms with Gasteiger partial charge in [0.25, 0.3) is 0 Å². The molecule has 0 spiro atoms. The van der Waals surface area contributed by atoms with E-state index in [1.807, 2.05) is 6.92 Å². The summed E-state index contributed by atoms with van der Waals surface area (Å²) < 4.78 is 22.8. The Kier molecular flexibility index (Phi) is 3.85. The molecule has 0 aliphatic heterocycles. The molecule has 1 aromatic rings. The standard InChI is InChI=1S/C10H14FNO2/c1-7(12)9-4-3-8(11)5-10(9)14-6-13-2/h3-5,7H,6,12H2,1-2H3/t7-/m1/s1. The fraction of sp³-hybridized carbons (Fsp3) is 0.400. The first-order valence-corrected chi connectivity index (χ1v) is 4.32. The highest BCUT2D eigenvalue weighted by Gasteiger charge is 2.08. The van der Waals surface area contributed by atoms with Crippen LogP contribution in [0.3, 0.4) is 0 Å². The van der Waals surface area contributed by atoms with Gasteiger partial charge in [-0.25, -0.2) is 4.39 Å². The van der Waals surface area contributed by atoms with E-state index in [0.29, 0.717) is 5.75 Å². The normalized spacial score (nSPS) is 12.6. The van der Waals surface area contributed by atoms with Crippen molar-refractivity contribution in [1.82, 2.24) is 0 Å². The van der Waals surface area contributed by atoms with Gasteiger partial charge in [0.15, 0.2) is 6.79 Å². The monoisotopic (exact) mass is 199 g/mol. The predicted octanol–water partition coefficient (Wildman–Crippen LogP) is 1.83. The van der Waals surface area contributed by atoms with Crippen molar-refractivity contribution < 1.29 is 13.9 Å². The summed E-state index contributed by atoms with van der Waals surface area (Å²) in [6.07, 6.45) is 0. The van der Waals surface area contributed by atoms with Crippen LogP contribution in [0.1, 0.15) is 18.5 Å². The summed E-state index contributed by atoms with van der Waals surface area (Å²) in [6, 6.07) is 4.09. The van der Waals surface area contributed by atoms with Crippen molar-refractivity contribution in [1.29, 1.82) is 0 Å². The summed E-state index contributed by atoms with van der Waals surface area (Å²) in [5.41, 5.74) is 6.46. The Hall–Kier alpha value is -1.13. The van der Waals surface area contributed by atoms with Crippen molar-refractivity contribution in [3.8, 4) is 5.75 Å². The molecule has 0 aliphatic carbocycles. The van der Waals surface area contributed by atoms with Crippen molar-refractivity contribution in [2.75, 3.05) is 13.9 Å². The maximum absolute atomic E-state index is 12.9. The third-order valence-corrected chi connectivity index (χ3v) is 1.80. The number of nitrogens with two attached hydrogens (primary N) is 1. The average molecular weight is 199 g/mol. The molecule has 2 N–H and O–H groups in total.